The maximum absolute atomic E-state index is 10.6. The van der Waals surface area contributed by atoms with E-state index in [9.17, 15) is 4.79 Å². The summed E-state index contributed by atoms with van der Waals surface area (Å²) in [5.74, 6) is 0.357. The predicted molar refractivity (Wildman–Crippen MR) is 55.9 cm³/mol. The van der Waals surface area contributed by atoms with Crippen LogP contribution in [0.25, 0.3) is 0 Å². The Hall–Kier alpha value is -0.530. The molecule has 0 saturated carbocycles. The van der Waals surface area contributed by atoms with Gasteiger partial charge in [-0.2, -0.15) is 0 Å². The van der Waals surface area contributed by atoms with Crippen molar-refractivity contribution in [2.75, 3.05) is 0 Å². The van der Waals surface area contributed by atoms with E-state index in [1.807, 2.05) is 13.8 Å². The van der Waals surface area contributed by atoms with Gasteiger partial charge in [0.2, 0.25) is 0 Å². The highest BCUT2D eigenvalue weighted by Gasteiger charge is 2.08. The summed E-state index contributed by atoms with van der Waals surface area (Å²) < 4.78 is 0. The molecule has 70 valence electrons. The molecule has 0 spiro atoms. The van der Waals surface area contributed by atoms with Crippen LogP contribution in [0.1, 0.15) is 35.7 Å². The van der Waals surface area contributed by atoms with Gasteiger partial charge in [0.15, 0.2) is 6.29 Å². The van der Waals surface area contributed by atoms with Crippen LogP contribution in [-0.4, -0.2) is 6.29 Å². The Morgan fingerprint density at radius 1 is 1.23 bits per heavy atom. The Labute approximate surface area is 87.7 Å². The Balaban J connectivity index is 3.28. The molecule has 0 saturated heterocycles. The molecule has 0 heterocycles. The summed E-state index contributed by atoms with van der Waals surface area (Å²) in [5, 5.41) is 0.845. The van der Waals surface area contributed by atoms with Crippen molar-refractivity contribution < 1.29 is 4.79 Å². The summed E-state index contributed by atoms with van der Waals surface area (Å²) in [4.78, 5) is 10.6. The van der Waals surface area contributed by atoms with Gasteiger partial charge in [0.1, 0.15) is 0 Å². The van der Waals surface area contributed by atoms with Crippen LogP contribution in [0.5, 0.6) is 0 Å². The third kappa shape index (κ3) is 2.23. The normalized spacial score (nSPS) is 10.5. The third-order valence-corrected chi connectivity index (χ3v) is 2.51. The molecule has 0 unspecified atom stereocenters. The first-order valence-corrected chi connectivity index (χ1v) is 4.76. The van der Waals surface area contributed by atoms with Gasteiger partial charge in [-0.1, -0.05) is 37.0 Å². The second kappa shape index (κ2) is 4.12. The molecular formula is C10H10Cl2O. The molecule has 0 aliphatic carbocycles. The summed E-state index contributed by atoms with van der Waals surface area (Å²) >= 11 is 11.7. The van der Waals surface area contributed by atoms with Crippen molar-refractivity contribution in [1.29, 1.82) is 0 Å². The number of hydrogen-bond donors (Lipinski definition) is 0. The van der Waals surface area contributed by atoms with Crippen LogP contribution >= 0.6 is 23.2 Å². The van der Waals surface area contributed by atoms with Gasteiger partial charge >= 0.3 is 0 Å². The van der Waals surface area contributed by atoms with E-state index in [0.717, 1.165) is 5.56 Å². The number of carbonyl (C=O) groups is 1. The fraction of sp³-hybridized carbons (Fsp3) is 0.300. The van der Waals surface area contributed by atoms with Crippen molar-refractivity contribution in [3.05, 3.63) is 33.3 Å². The molecule has 3 heteroatoms. The molecule has 0 radical (unpaired) electrons. The van der Waals surface area contributed by atoms with Gasteiger partial charge in [0.25, 0.3) is 0 Å². The van der Waals surface area contributed by atoms with Gasteiger partial charge < -0.3 is 0 Å². The van der Waals surface area contributed by atoms with Crippen LogP contribution < -0.4 is 0 Å². The predicted octanol–water partition coefficient (Wildman–Crippen LogP) is 3.93. The SMILES string of the molecule is CC(C)c1cc(Cl)c(C=O)c(Cl)c1. The zero-order valence-corrected chi connectivity index (χ0v) is 8.99. The molecule has 0 atom stereocenters. The van der Waals surface area contributed by atoms with Crippen LogP contribution in [0, 0.1) is 0 Å². The van der Waals surface area contributed by atoms with Gasteiger partial charge in [-0.3, -0.25) is 4.79 Å². The van der Waals surface area contributed by atoms with E-state index in [2.05, 4.69) is 0 Å². The van der Waals surface area contributed by atoms with Crippen LogP contribution in [-0.2, 0) is 0 Å². The second-order valence-electron chi connectivity index (χ2n) is 3.17. The lowest BCUT2D eigenvalue weighted by Gasteiger charge is -2.08. The van der Waals surface area contributed by atoms with Crippen molar-refractivity contribution in [3.63, 3.8) is 0 Å². The Kier molecular flexibility index (Phi) is 3.34. The first-order chi connectivity index (χ1) is 6.06. The standard InChI is InChI=1S/C10H10Cl2O/c1-6(2)7-3-9(11)8(5-13)10(12)4-7/h3-6H,1-2H3. The van der Waals surface area contributed by atoms with Crippen LogP contribution in [0.2, 0.25) is 10.0 Å². The number of aldehydes is 1. The maximum atomic E-state index is 10.6. The van der Waals surface area contributed by atoms with Crippen molar-refractivity contribution in [1.82, 2.24) is 0 Å². The number of hydrogen-bond acceptors (Lipinski definition) is 1. The van der Waals surface area contributed by atoms with Gasteiger partial charge in [-0.25, -0.2) is 0 Å². The van der Waals surface area contributed by atoms with E-state index in [0.29, 0.717) is 27.8 Å². The summed E-state index contributed by atoms with van der Waals surface area (Å²) in [7, 11) is 0. The molecule has 0 aliphatic rings. The minimum atomic E-state index is 0.357. The van der Waals surface area contributed by atoms with E-state index in [-0.39, 0.29) is 0 Å². The minimum absolute atomic E-state index is 0.357. The highest BCUT2D eigenvalue weighted by molar-refractivity contribution is 6.38. The van der Waals surface area contributed by atoms with Crippen molar-refractivity contribution in [2.24, 2.45) is 0 Å². The van der Waals surface area contributed by atoms with E-state index >= 15 is 0 Å². The molecule has 1 aromatic rings. The van der Waals surface area contributed by atoms with Crippen LogP contribution in [0.15, 0.2) is 12.1 Å². The highest BCUT2D eigenvalue weighted by Crippen LogP contribution is 2.28. The molecule has 0 N–H and O–H groups in total. The smallest absolute Gasteiger partial charge is 0.153 e. The molecule has 0 aromatic heterocycles. The van der Waals surface area contributed by atoms with E-state index < -0.39 is 0 Å². The zero-order valence-electron chi connectivity index (χ0n) is 7.47. The molecule has 0 bridgehead atoms. The lowest BCUT2D eigenvalue weighted by molar-refractivity contribution is 0.112. The van der Waals surface area contributed by atoms with E-state index in [1.54, 1.807) is 12.1 Å². The van der Waals surface area contributed by atoms with Crippen molar-refractivity contribution in [2.45, 2.75) is 19.8 Å². The Morgan fingerprint density at radius 2 is 1.69 bits per heavy atom. The quantitative estimate of drug-likeness (QED) is 0.686. The van der Waals surface area contributed by atoms with Crippen LogP contribution in [0.4, 0.5) is 0 Å². The average Bonchev–Trinajstić information content (AvgIpc) is 2.03. The number of halogens is 2. The molecule has 1 nitrogen and oxygen atoms in total. The molecule has 1 aromatic carbocycles. The Bertz CT molecular complexity index is 309. The number of carbonyl (C=O) groups excluding carboxylic acids is 1. The van der Waals surface area contributed by atoms with E-state index in [4.69, 9.17) is 23.2 Å². The number of rotatable bonds is 2. The summed E-state index contributed by atoms with van der Waals surface area (Å²) in [6, 6.07) is 3.56. The highest BCUT2D eigenvalue weighted by atomic mass is 35.5. The minimum Gasteiger partial charge on any atom is -0.298 e. The monoisotopic (exact) mass is 216 g/mol. The summed E-state index contributed by atoms with van der Waals surface area (Å²) in [6.45, 7) is 4.09. The molecule has 13 heavy (non-hydrogen) atoms. The van der Waals surface area contributed by atoms with Crippen molar-refractivity contribution in [3.8, 4) is 0 Å². The fourth-order valence-corrected chi connectivity index (χ4v) is 1.64. The van der Waals surface area contributed by atoms with Crippen molar-refractivity contribution >= 4 is 29.5 Å². The van der Waals surface area contributed by atoms with E-state index in [1.165, 1.54) is 0 Å². The average molecular weight is 217 g/mol. The van der Waals surface area contributed by atoms with Gasteiger partial charge in [-0.15, -0.1) is 0 Å². The molecular weight excluding hydrogens is 207 g/mol. The zero-order chi connectivity index (χ0) is 10.0. The summed E-state index contributed by atoms with van der Waals surface area (Å²) in [5.41, 5.74) is 1.41. The lowest BCUT2D eigenvalue weighted by Crippen LogP contribution is -1.91. The third-order valence-electron chi connectivity index (χ3n) is 1.89. The lowest BCUT2D eigenvalue weighted by atomic mass is 10.0. The largest absolute Gasteiger partial charge is 0.298 e. The topological polar surface area (TPSA) is 17.1 Å². The molecule has 1 rings (SSSR count). The van der Waals surface area contributed by atoms with Gasteiger partial charge in [-0.05, 0) is 23.6 Å². The molecule has 0 fully saturated rings. The van der Waals surface area contributed by atoms with Gasteiger partial charge in [0.05, 0.1) is 15.6 Å². The second-order valence-corrected chi connectivity index (χ2v) is 3.99. The molecule has 0 aliphatic heterocycles. The summed E-state index contributed by atoms with van der Waals surface area (Å²) in [6.07, 6.45) is 0.675. The Morgan fingerprint density at radius 3 is 2.00 bits per heavy atom. The van der Waals surface area contributed by atoms with Crippen LogP contribution in [0.3, 0.4) is 0 Å². The first-order valence-electron chi connectivity index (χ1n) is 4.00. The maximum Gasteiger partial charge on any atom is 0.153 e. The first kappa shape index (κ1) is 10.6. The van der Waals surface area contributed by atoms with Gasteiger partial charge in [0, 0.05) is 0 Å². The number of benzene rings is 1. The molecule has 0 amide bonds. The fourth-order valence-electron chi connectivity index (χ4n) is 1.05.